The van der Waals surface area contributed by atoms with Gasteiger partial charge in [0.2, 0.25) is 5.91 Å². The molecule has 0 aliphatic carbocycles. The Kier molecular flexibility index (Phi) is 5.44. The van der Waals surface area contributed by atoms with Crippen LogP contribution in [0.15, 0.2) is 0 Å². The fourth-order valence-corrected chi connectivity index (χ4v) is 3.57. The zero-order valence-corrected chi connectivity index (χ0v) is 13.6. The summed E-state index contributed by atoms with van der Waals surface area (Å²) >= 11 is 0. The van der Waals surface area contributed by atoms with E-state index in [0.717, 1.165) is 32.5 Å². The van der Waals surface area contributed by atoms with Crippen LogP contribution in [0.3, 0.4) is 0 Å². The first kappa shape index (κ1) is 15.8. The second-order valence-electron chi connectivity index (χ2n) is 6.86. The van der Waals surface area contributed by atoms with Gasteiger partial charge in [-0.1, -0.05) is 6.92 Å². The molecule has 0 radical (unpaired) electrons. The standard InChI is InChI=1S/C16H31N3O/c1-12(2)19-10-7-14(8-11-19)18(4)16(20)15-13(3)6-5-9-17-15/h12-15,17H,5-11H2,1-4H3. The van der Waals surface area contributed by atoms with E-state index in [0.29, 0.717) is 23.9 Å². The summed E-state index contributed by atoms with van der Waals surface area (Å²) in [7, 11) is 2.00. The van der Waals surface area contributed by atoms with Crippen molar-refractivity contribution in [3.8, 4) is 0 Å². The Balaban J connectivity index is 1.88. The maximum Gasteiger partial charge on any atom is 0.239 e. The lowest BCUT2D eigenvalue weighted by atomic mass is 9.91. The van der Waals surface area contributed by atoms with E-state index in [9.17, 15) is 4.79 Å². The normalized spacial score (nSPS) is 29.6. The van der Waals surface area contributed by atoms with Crippen molar-refractivity contribution in [3.05, 3.63) is 0 Å². The molecule has 1 N–H and O–H groups in total. The highest BCUT2D eigenvalue weighted by Gasteiger charge is 2.33. The Labute approximate surface area is 123 Å². The number of hydrogen-bond donors (Lipinski definition) is 1. The van der Waals surface area contributed by atoms with Gasteiger partial charge in [0.25, 0.3) is 0 Å². The van der Waals surface area contributed by atoms with E-state index in [1.807, 2.05) is 11.9 Å². The highest BCUT2D eigenvalue weighted by molar-refractivity contribution is 5.82. The molecule has 0 bridgehead atoms. The topological polar surface area (TPSA) is 35.6 Å². The summed E-state index contributed by atoms with van der Waals surface area (Å²) < 4.78 is 0. The number of hydrogen-bond acceptors (Lipinski definition) is 3. The molecule has 0 aromatic carbocycles. The predicted octanol–water partition coefficient (Wildman–Crippen LogP) is 1.71. The smallest absolute Gasteiger partial charge is 0.239 e. The molecule has 4 heteroatoms. The van der Waals surface area contributed by atoms with Crippen LogP contribution in [0.25, 0.3) is 0 Å². The Bertz CT molecular complexity index is 324. The van der Waals surface area contributed by atoms with Crippen molar-refractivity contribution in [1.29, 1.82) is 0 Å². The van der Waals surface area contributed by atoms with Crippen LogP contribution < -0.4 is 5.32 Å². The van der Waals surface area contributed by atoms with Gasteiger partial charge in [0.15, 0.2) is 0 Å². The Morgan fingerprint density at radius 3 is 2.45 bits per heavy atom. The molecule has 2 aliphatic heterocycles. The van der Waals surface area contributed by atoms with Gasteiger partial charge in [-0.2, -0.15) is 0 Å². The number of carbonyl (C=O) groups excluding carboxylic acids is 1. The van der Waals surface area contributed by atoms with Gasteiger partial charge in [0.1, 0.15) is 0 Å². The van der Waals surface area contributed by atoms with Crippen molar-refractivity contribution in [2.45, 2.75) is 64.6 Å². The Hall–Kier alpha value is -0.610. The lowest BCUT2D eigenvalue weighted by molar-refractivity contribution is -0.137. The zero-order valence-electron chi connectivity index (χ0n) is 13.6. The van der Waals surface area contributed by atoms with Crippen LogP contribution in [0, 0.1) is 5.92 Å². The average molecular weight is 281 g/mol. The van der Waals surface area contributed by atoms with Crippen molar-refractivity contribution >= 4 is 5.91 Å². The van der Waals surface area contributed by atoms with Crippen LogP contribution in [0.4, 0.5) is 0 Å². The third kappa shape index (κ3) is 3.53. The van der Waals surface area contributed by atoms with Gasteiger partial charge in [-0.25, -0.2) is 0 Å². The Morgan fingerprint density at radius 2 is 1.90 bits per heavy atom. The molecule has 2 heterocycles. The van der Waals surface area contributed by atoms with Gasteiger partial charge < -0.3 is 15.1 Å². The number of carbonyl (C=O) groups is 1. The van der Waals surface area contributed by atoms with E-state index in [2.05, 4.69) is 31.0 Å². The molecule has 2 aliphatic rings. The van der Waals surface area contributed by atoms with Gasteiger partial charge in [0.05, 0.1) is 6.04 Å². The molecule has 2 atom stereocenters. The first-order valence-corrected chi connectivity index (χ1v) is 8.24. The molecule has 0 aromatic heterocycles. The van der Waals surface area contributed by atoms with Crippen LogP contribution in [-0.4, -0.2) is 60.5 Å². The summed E-state index contributed by atoms with van der Waals surface area (Å²) in [5.74, 6) is 0.773. The van der Waals surface area contributed by atoms with Crippen molar-refractivity contribution in [1.82, 2.24) is 15.1 Å². The van der Waals surface area contributed by atoms with E-state index in [1.165, 1.54) is 12.8 Å². The van der Waals surface area contributed by atoms with E-state index in [-0.39, 0.29) is 6.04 Å². The molecule has 4 nitrogen and oxygen atoms in total. The largest absolute Gasteiger partial charge is 0.341 e. The van der Waals surface area contributed by atoms with Crippen LogP contribution in [-0.2, 0) is 4.79 Å². The van der Waals surface area contributed by atoms with E-state index >= 15 is 0 Å². The fraction of sp³-hybridized carbons (Fsp3) is 0.938. The lowest BCUT2D eigenvalue weighted by Gasteiger charge is -2.41. The van der Waals surface area contributed by atoms with Crippen LogP contribution in [0.1, 0.15) is 46.5 Å². The molecule has 116 valence electrons. The summed E-state index contributed by atoms with van der Waals surface area (Å²) in [5.41, 5.74) is 0. The number of likely N-dealkylation sites (tertiary alicyclic amines) is 1. The summed E-state index contributed by atoms with van der Waals surface area (Å²) in [6.07, 6.45) is 4.59. The number of nitrogens with one attached hydrogen (secondary N) is 1. The molecular formula is C16H31N3O. The molecule has 2 fully saturated rings. The molecule has 0 spiro atoms. The SMILES string of the molecule is CC1CCCNC1C(=O)N(C)C1CCN(C(C)C)CC1. The predicted molar refractivity (Wildman–Crippen MR) is 82.7 cm³/mol. The van der Waals surface area contributed by atoms with E-state index in [4.69, 9.17) is 0 Å². The molecule has 0 aromatic rings. The maximum absolute atomic E-state index is 12.7. The molecule has 2 unspecified atom stereocenters. The number of piperidine rings is 2. The van der Waals surface area contributed by atoms with Gasteiger partial charge in [-0.15, -0.1) is 0 Å². The minimum absolute atomic E-state index is 0.0388. The number of amides is 1. The van der Waals surface area contributed by atoms with E-state index < -0.39 is 0 Å². The van der Waals surface area contributed by atoms with Crippen molar-refractivity contribution in [2.24, 2.45) is 5.92 Å². The maximum atomic E-state index is 12.7. The highest BCUT2D eigenvalue weighted by Crippen LogP contribution is 2.21. The van der Waals surface area contributed by atoms with Gasteiger partial charge >= 0.3 is 0 Å². The molecule has 1 amide bonds. The summed E-state index contributed by atoms with van der Waals surface area (Å²) in [5, 5.41) is 3.41. The van der Waals surface area contributed by atoms with Gasteiger partial charge in [0, 0.05) is 32.2 Å². The summed E-state index contributed by atoms with van der Waals surface area (Å²) in [6.45, 7) is 9.93. The molecule has 2 saturated heterocycles. The molecule has 2 rings (SSSR count). The number of likely N-dealkylation sites (N-methyl/N-ethyl adjacent to an activating group) is 1. The molecular weight excluding hydrogens is 250 g/mol. The minimum Gasteiger partial charge on any atom is -0.341 e. The van der Waals surface area contributed by atoms with Crippen molar-refractivity contribution in [3.63, 3.8) is 0 Å². The highest BCUT2D eigenvalue weighted by atomic mass is 16.2. The third-order valence-electron chi connectivity index (χ3n) is 5.16. The van der Waals surface area contributed by atoms with Crippen molar-refractivity contribution in [2.75, 3.05) is 26.7 Å². The van der Waals surface area contributed by atoms with Gasteiger partial charge in [-0.05, 0) is 52.0 Å². The van der Waals surface area contributed by atoms with Crippen LogP contribution in [0.5, 0.6) is 0 Å². The monoisotopic (exact) mass is 281 g/mol. The Morgan fingerprint density at radius 1 is 1.25 bits per heavy atom. The first-order valence-electron chi connectivity index (χ1n) is 8.24. The fourth-order valence-electron chi connectivity index (χ4n) is 3.57. The quantitative estimate of drug-likeness (QED) is 0.855. The summed E-state index contributed by atoms with van der Waals surface area (Å²) in [4.78, 5) is 17.2. The zero-order chi connectivity index (χ0) is 14.7. The second kappa shape index (κ2) is 6.90. The first-order chi connectivity index (χ1) is 9.50. The third-order valence-corrected chi connectivity index (χ3v) is 5.16. The average Bonchev–Trinajstić information content (AvgIpc) is 2.46. The molecule has 0 saturated carbocycles. The van der Waals surface area contributed by atoms with E-state index in [1.54, 1.807) is 0 Å². The van der Waals surface area contributed by atoms with Crippen molar-refractivity contribution < 1.29 is 4.79 Å². The number of rotatable bonds is 3. The number of nitrogens with zero attached hydrogens (tertiary/aromatic N) is 2. The minimum atomic E-state index is 0.0388. The summed E-state index contributed by atoms with van der Waals surface area (Å²) in [6, 6.07) is 1.09. The van der Waals surface area contributed by atoms with Gasteiger partial charge in [-0.3, -0.25) is 4.79 Å². The van der Waals surface area contributed by atoms with Crippen LogP contribution >= 0.6 is 0 Å². The lowest BCUT2D eigenvalue weighted by Crippen LogP contribution is -2.55. The van der Waals surface area contributed by atoms with Crippen LogP contribution in [0.2, 0.25) is 0 Å². The second-order valence-corrected chi connectivity index (χ2v) is 6.86. The molecule has 20 heavy (non-hydrogen) atoms.